The first-order chi connectivity index (χ1) is 13.9. The lowest BCUT2D eigenvalue weighted by Gasteiger charge is -2.10. The van der Waals surface area contributed by atoms with Gasteiger partial charge in [-0.1, -0.05) is 28.9 Å². The van der Waals surface area contributed by atoms with Gasteiger partial charge in [-0.3, -0.25) is 0 Å². The van der Waals surface area contributed by atoms with Crippen LogP contribution >= 0.6 is 11.6 Å². The summed E-state index contributed by atoms with van der Waals surface area (Å²) in [7, 11) is -4.10. The molecule has 0 radical (unpaired) electrons. The molecule has 29 heavy (non-hydrogen) atoms. The molecule has 0 spiro atoms. The molecule has 0 aliphatic carbocycles. The molecule has 0 atom stereocenters. The highest BCUT2D eigenvalue weighted by Gasteiger charge is 2.30. The van der Waals surface area contributed by atoms with E-state index in [1.807, 2.05) is 0 Å². The van der Waals surface area contributed by atoms with Gasteiger partial charge < -0.3 is 5.73 Å². The summed E-state index contributed by atoms with van der Waals surface area (Å²) in [4.78, 5) is -0.0885. The summed E-state index contributed by atoms with van der Waals surface area (Å²) in [5.41, 5.74) is 7.45. The third-order valence-electron chi connectivity index (χ3n) is 4.28. The average molecular weight is 429 g/mol. The van der Waals surface area contributed by atoms with Crippen molar-refractivity contribution in [1.29, 1.82) is 0 Å². The first-order valence-electron chi connectivity index (χ1n) is 8.45. The van der Waals surface area contributed by atoms with Crippen LogP contribution in [0.4, 0.5) is 10.1 Å². The highest BCUT2D eigenvalue weighted by Crippen LogP contribution is 2.34. The Morgan fingerprint density at radius 1 is 0.931 bits per heavy atom. The van der Waals surface area contributed by atoms with Gasteiger partial charge in [0.1, 0.15) is 11.5 Å². The maximum Gasteiger partial charge on any atom is 0.229 e. The van der Waals surface area contributed by atoms with E-state index in [1.54, 1.807) is 36.4 Å². The topological polar surface area (TPSA) is 90.9 Å². The molecule has 4 aromatic rings. The summed E-state index contributed by atoms with van der Waals surface area (Å²) in [6.45, 7) is 0. The summed E-state index contributed by atoms with van der Waals surface area (Å²) in [6, 6.07) is 18.2. The Hall–Kier alpha value is -3.23. The van der Waals surface area contributed by atoms with Crippen molar-refractivity contribution in [2.75, 3.05) is 5.73 Å². The van der Waals surface area contributed by atoms with Crippen LogP contribution in [0.25, 0.3) is 16.9 Å². The molecule has 4 rings (SSSR count). The van der Waals surface area contributed by atoms with E-state index in [2.05, 4.69) is 10.3 Å². The third-order valence-corrected chi connectivity index (χ3v) is 6.44. The summed E-state index contributed by atoms with van der Waals surface area (Å²) >= 11 is 6.12. The van der Waals surface area contributed by atoms with E-state index in [1.165, 1.54) is 41.1 Å². The molecule has 0 saturated carbocycles. The number of anilines is 1. The molecule has 0 aliphatic heterocycles. The van der Waals surface area contributed by atoms with Gasteiger partial charge in [0.05, 0.1) is 15.6 Å². The quantitative estimate of drug-likeness (QED) is 0.493. The zero-order valence-corrected chi connectivity index (χ0v) is 16.4. The van der Waals surface area contributed by atoms with Crippen LogP contribution in [0.5, 0.6) is 0 Å². The molecule has 1 heterocycles. The van der Waals surface area contributed by atoms with E-state index in [0.717, 1.165) is 0 Å². The van der Waals surface area contributed by atoms with Crippen molar-refractivity contribution in [1.82, 2.24) is 15.0 Å². The van der Waals surface area contributed by atoms with Gasteiger partial charge in [0.2, 0.25) is 14.9 Å². The number of sulfone groups is 1. The first-order valence-corrected chi connectivity index (χ1v) is 10.3. The molecule has 0 fully saturated rings. The number of benzene rings is 3. The van der Waals surface area contributed by atoms with Crippen molar-refractivity contribution >= 4 is 27.1 Å². The molecular formula is C20H14ClFN4O2S. The molecule has 6 nitrogen and oxygen atoms in total. The van der Waals surface area contributed by atoms with Gasteiger partial charge in [0, 0.05) is 11.3 Å². The Kier molecular flexibility index (Phi) is 4.81. The normalized spacial score (nSPS) is 11.5. The monoisotopic (exact) mass is 428 g/mol. The second kappa shape index (κ2) is 7.31. The Morgan fingerprint density at radius 2 is 1.59 bits per heavy atom. The van der Waals surface area contributed by atoms with Crippen molar-refractivity contribution in [2.24, 2.45) is 0 Å². The van der Waals surface area contributed by atoms with E-state index in [9.17, 15) is 12.8 Å². The Bertz CT molecular complexity index is 1290. The molecule has 3 aromatic carbocycles. The zero-order chi connectivity index (χ0) is 20.6. The van der Waals surface area contributed by atoms with Gasteiger partial charge in [-0.15, -0.1) is 5.10 Å². The fourth-order valence-corrected chi connectivity index (χ4v) is 4.70. The Morgan fingerprint density at radius 3 is 2.24 bits per heavy atom. The molecular weight excluding hydrogens is 415 g/mol. The van der Waals surface area contributed by atoms with Gasteiger partial charge in [-0.25, -0.2) is 17.5 Å². The van der Waals surface area contributed by atoms with E-state index in [4.69, 9.17) is 17.3 Å². The maximum absolute atomic E-state index is 13.5. The molecule has 0 bridgehead atoms. The minimum absolute atomic E-state index is 0.0691. The molecule has 0 aliphatic rings. The fourth-order valence-electron chi connectivity index (χ4n) is 2.87. The summed E-state index contributed by atoms with van der Waals surface area (Å²) < 4.78 is 41.5. The molecule has 0 unspecified atom stereocenters. The number of nitrogens with two attached hydrogens (primary N) is 1. The van der Waals surface area contributed by atoms with E-state index in [0.29, 0.717) is 16.9 Å². The average Bonchev–Trinajstić information content (AvgIpc) is 3.15. The molecule has 1 aromatic heterocycles. The van der Waals surface area contributed by atoms with Crippen LogP contribution in [0, 0.1) is 5.82 Å². The molecule has 0 amide bonds. The summed E-state index contributed by atoms with van der Waals surface area (Å²) in [6.07, 6.45) is 0. The Balaban J connectivity index is 1.99. The number of aromatic nitrogens is 3. The predicted octanol–water partition coefficient (Wildman–Crippen LogP) is 4.14. The lowest BCUT2D eigenvalue weighted by Crippen LogP contribution is -2.06. The van der Waals surface area contributed by atoms with E-state index >= 15 is 0 Å². The van der Waals surface area contributed by atoms with Crippen LogP contribution in [0.15, 0.2) is 82.7 Å². The van der Waals surface area contributed by atoms with E-state index < -0.39 is 15.7 Å². The van der Waals surface area contributed by atoms with Gasteiger partial charge in [-0.2, -0.15) is 0 Å². The zero-order valence-electron chi connectivity index (χ0n) is 14.8. The summed E-state index contributed by atoms with van der Waals surface area (Å²) in [5, 5.41) is 7.78. The number of nitrogens with zero attached hydrogens (tertiary/aromatic N) is 3. The molecule has 9 heteroatoms. The maximum atomic E-state index is 13.5. The second-order valence-electron chi connectivity index (χ2n) is 6.19. The highest BCUT2D eigenvalue weighted by molar-refractivity contribution is 7.91. The number of hydrogen-bond donors (Lipinski definition) is 1. The Labute approximate surface area is 171 Å². The molecule has 2 N–H and O–H groups in total. The molecule has 146 valence electrons. The van der Waals surface area contributed by atoms with Crippen molar-refractivity contribution in [2.45, 2.75) is 9.92 Å². The smallest absolute Gasteiger partial charge is 0.229 e. The number of hydrogen-bond acceptors (Lipinski definition) is 5. The van der Waals surface area contributed by atoms with Crippen molar-refractivity contribution in [3.63, 3.8) is 0 Å². The van der Waals surface area contributed by atoms with Crippen LogP contribution in [0.2, 0.25) is 5.02 Å². The minimum atomic E-state index is -4.10. The van der Waals surface area contributed by atoms with Crippen LogP contribution in [-0.4, -0.2) is 23.4 Å². The van der Waals surface area contributed by atoms with Crippen molar-refractivity contribution < 1.29 is 12.8 Å². The van der Waals surface area contributed by atoms with Crippen LogP contribution in [0.1, 0.15) is 0 Å². The number of nitrogen functional groups attached to an aromatic ring is 1. The summed E-state index contributed by atoms with van der Waals surface area (Å²) in [5.74, 6) is -0.448. The fraction of sp³-hybridized carbons (Fsp3) is 0. The number of rotatable bonds is 4. The van der Waals surface area contributed by atoms with Crippen LogP contribution < -0.4 is 5.73 Å². The van der Waals surface area contributed by atoms with Gasteiger partial charge in [0.25, 0.3) is 0 Å². The van der Waals surface area contributed by atoms with Crippen LogP contribution in [0.3, 0.4) is 0 Å². The van der Waals surface area contributed by atoms with Gasteiger partial charge in [-0.05, 0) is 60.7 Å². The van der Waals surface area contributed by atoms with Gasteiger partial charge >= 0.3 is 0 Å². The van der Waals surface area contributed by atoms with Gasteiger partial charge in [0.15, 0.2) is 0 Å². The molecule has 0 saturated heterocycles. The van der Waals surface area contributed by atoms with Crippen molar-refractivity contribution in [3.05, 3.63) is 83.6 Å². The lowest BCUT2D eigenvalue weighted by atomic mass is 10.1. The minimum Gasteiger partial charge on any atom is -0.399 e. The van der Waals surface area contributed by atoms with Crippen LogP contribution in [-0.2, 0) is 9.84 Å². The lowest BCUT2D eigenvalue weighted by molar-refractivity contribution is 0.592. The predicted molar refractivity (Wildman–Crippen MR) is 108 cm³/mol. The second-order valence-corrected chi connectivity index (χ2v) is 8.43. The largest absolute Gasteiger partial charge is 0.399 e. The van der Waals surface area contributed by atoms with Crippen molar-refractivity contribution in [3.8, 4) is 16.9 Å². The number of halogens is 2. The SMILES string of the molecule is Nc1ccc(-n2nnc(S(=O)(=O)c3ccccc3Cl)c2-c2ccc(F)cc2)cc1. The van der Waals surface area contributed by atoms with E-state index in [-0.39, 0.29) is 20.6 Å². The third kappa shape index (κ3) is 3.48. The standard InChI is InChI=1S/C20H14ClFN4O2S/c21-17-3-1-2-4-18(17)29(27,28)20-19(13-5-7-14(22)8-6-13)26(25-24-20)16-11-9-15(23)10-12-16/h1-12H,23H2. The highest BCUT2D eigenvalue weighted by atomic mass is 35.5. The first kappa shape index (κ1) is 19.1.